The monoisotopic (exact) mass is 230 g/mol. The molecule has 0 radical (unpaired) electrons. The molecule has 4 nitrogen and oxygen atoms in total. The summed E-state index contributed by atoms with van der Waals surface area (Å²) in [5, 5.41) is 13.1. The third-order valence-electron chi connectivity index (χ3n) is 2.56. The molecule has 1 aromatic heterocycles. The number of carbonyl (C=O) groups is 1. The second-order valence-corrected chi connectivity index (χ2v) is 3.81. The predicted molar refractivity (Wildman–Crippen MR) is 64.7 cm³/mol. The molecule has 0 saturated carbocycles. The van der Waals surface area contributed by atoms with Crippen LogP contribution in [0, 0.1) is 0 Å². The van der Waals surface area contributed by atoms with Gasteiger partial charge in [-0.2, -0.15) is 5.10 Å². The van der Waals surface area contributed by atoms with Crippen molar-refractivity contribution in [3.8, 4) is 11.3 Å². The van der Waals surface area contributed by atoms with Gasteiger partial charge in [-0.1, -0.05) is 37.3 Å². The molecule has 1 heterocycles. The van der Waals surface area contributed by atoms with E-state index in [-0.39, 0.29) is 6.54 Å². The maximum atomic E-state index is 10.7. The molecule has 0 aliphatic heterocycles. The minimum Gasteiger partial charge on any atom is -0.480 e. The molecule has 88 valence electrons. The van der Waals surface area contributed by atoms with Gasteiger partial charge in [-0.15, -0.1) is 0 Å². The van der Waals surface area contributed by atoms with Crippen molar-refractivity contribution >= 4 is 5.97 Å². The van der Waals surface area contributed by atoms with E-state index in [1.165, 1.54) is 4.68 Å². The topological polar surface area (TPSA) is 55.1 Å². The van der Waals surface area contributed by atoms with E-state index in [9.17, 15) is 4.79 Å². The Bertz CT molecular complexity index is 517. The lowest BCUT2D eigenvalue weighted by Gasteiger charge is -1.98. The SMILES string of the molecule is CCc1cn(CC(=O)O)nc1-c1ccccc1. The van der Waals surface area contributed by atoms with Gasteiger partial charge in [0, 0.05) is 11.8 Å². The summed E-state index contributed by atoms with van der Waals surface area (Å²) in [5.74, 6) is -0.880. The number of nitrogens with zero attached hydrogens (tertiary/aromatic N) is 2. The highest BCUT2D eigenvalue weighted by molar-refractivity contribution is 5.67. The standard InChI is InChI=1S/C13H14N2O2/c1-2-10-8-15(9-12(16)17)14-13(10)11-6-4-3-5-7-11/h3-8H,2,9H2,1H3,(H,16,17). The Kier molecular flexibility index (Phi) is 3.23. The lowest BCUT2D eigenvalue weighted by atomic mass is 10.1. The highest BCUT2D eigenvalue weighted by Gasteiger charge is 2.10. The molecule has 0 fully saturated rings. The smallest absolute Gasteiger partial charge is 0.325 e. The highest BCUT2D eigenvalue weighted by Crippen LogP contribution is 2.21. The Balaban J connectivity index is 2.39. The normalized spacial score (nSPS) is 10.4. The summed E-state index contributed by atoms with van der Waals surface area (Å²) in [5.41, 5.74) is 2.96. The lowest BCUT2D eigenvalue weighted by molar-refractivity contribution is -0.137. The summed E-state index contributed by atoms with van der Waals surface area (Å²) in [7, 11) is 0. The minimum atomic E-state index is -0.880. The van der Waals surface area contributed by atoms with Crippen LogP contribution < -0.4 is 0 Å². The van der Waals surface area contributed by atoms with Crippen LogP contribution in [0.25, 0.3) is 11.3 Å². The van der Waals surface area contributed by atoms with Crippen molar-refractivity contribution in [2.45, 2.75) is 19.9 Å². The first kappa shape index (κ1) is 11.4. The van der Waals surface area contributed by atoms with Crippen LogP contribution in [-0.2, 0) is 17.8 Å². The van der Waals surface area contributed by atoms with E-state index in [4.69, 9.17) is 5.11 Å². The van der Waals surface area contributed by atoms with Crippen LogP contribution in [0.15, 0.2) is 36.5 Å². The summed E-state index contributed by atoms with van der Waals surface area (Å²) < 4.78 is 1.48. The molecule has 4 heteroatoms. The average molecular weight is 230 g/mol. The van der Waals surface area contributed by atoms with E-state index in [0.717, 1.165) is 23.2 Å². The molecule has 0 saturated heterocycles. The van der Waals surface area contributed by atoms with Crippen molar-refractivity contribution in [3.63, 3.8) is 0 Å². The van der Waals surface area contributed by atoms with Crippen LogP contribution >= 0.6 is 0 Å². The Hall–Kier alpha value is -2.10. The van der Waals surface area contributed by atoms with Crippen LogP contribution in [0.5, 0.6) is 0 Å². The summed E-state index contributed by atoms with van der Waals surface area (Å²) >= 11 is 0. The van der Waals surface area contributed by atoms with E-state index >= 15 is 0 Å². The van der Waals surface area contributed by atoms with Gasteiger partial charge in [-0.25, -0.2) is 0 Å². The van der Waals surface area contributed by atoms with Crippen LogP contribution in [0.4, 0.5) is 0 Å². The van der Waals surface area contributed by atoms with Gasteiger partial charge in [-0.3, -0.25) is 9.48 Å². The first-order chi connectivity index (χ1) is 8.20. The number of aromatic nitrogens is 2. The van der Waals surface area contributed by atoms with Crippen LogP contribution in [-0.4, -0.2) is 20.9 Å². The van der Waals surface area contributed by atoms with Crippen LogP contribution in [0.2, 0.25) is 0 Å². The van der Waals surface area contributed by atoms with Crippen molar-refractivity contribution in [2.75, 3.05) is 0 Å². The maximum absolute atomic E-state index is 10.7. The minimum absolute atomic E-state index is 0.0974. The fourth-order valence-electron chi connectivity index (χ4n) is 1.78. The number of carboxylic acids is 1. The number of rotatable bonds is 4. The third kappa shape index (κ3) is 2.53. The van der Waals surface area contributed by atoms with Gasteiger partial charge in [0.15, 0.2) is 0 Å². The fraction of sp³-hybridized carbons (Fsp3) is 0.231. The molecule has 1 N–H and O–H groups in total. The molecule has 1 aromatic carbocycles. The molecule has 0 spiro atoms. The molecule has 0 aliphatic carbocycles. The van der Waals surface area contributed by atoms with Crippen molar-refractivity contribution in [2.24, 2.45) is 0 Å². The maximum Gasteiger partial charge on any atom is 0.325 e. The van der Waals surface area contributed by atoms with Gasteiger partial charge in [0.1, 0.15) is 6.54 Å². The van der Waals surface area contributed by atoms with Crippen molar-refractivity contribution in [1.29, 1.82) is 0 Å². The molecule has 2 aromatic rings. The molecular formula is C13H14N2O2. The Morgan fingerprint density at radius 3 is 2.65 bits per heavy atom. The van der Waals surface area contributed by atoms with Crippen molar-refractivity contribution in [1.82, 2.24) is 9.78 Å². The first-order valence-corrected chi connectivity index (χ1v) is 5.54. The summed E-state index contributed by atoms with van der Waals surface area (Å²) in [4.78, 5) is 10.7. The number of hydrogen-bond acceptors (Lipinski definition) is 2. The highest BCUT2D eigenvalue weighted by atomic mass is 16.4. The van der Waals surface area contributed by atoms with E-state index in [1.807, 2.05) is 37.3 Å². The molecular weight excluding hydrogens is 216 g/mol. The Morgan fingerprint density at radius 2 is 2.06 bits per heavy atom. The zero-order valence-corrected chi connectivity index (χ0v) is 9.63. The van der Waals surface area contributed by atoms with Gasteiger partial charge in [0.05, 0.1) is 5.69 Å². The molecule has 0 unspecified atom stereocenters. The van der Waals surface area contributed by atoms with Gasteiger partial charge in [-0.05, 0) is 12.0 Å². The van der Waals surface area contributed by atoms with Crippen LogP contribution in [0.1, 0.15) is 12.5 Å². The Morgan fingerprint density at radius 1 is 1.35 bits per heavy atom. The van der Waals surface area contributed by atoms with E-state index in [2.05, 4.69) is 5.10 Å². The number of hydrogen-bond donors (Lipinski definition) is 1. The molecule has 0 bridgehead atoms. The molecule has 2 rings (SSSR count). The predicted octanol–water partition coefficient (Wildman–Crippen LogP) is 2.20. The summed E-state index contributed by atoms with van der Waals surface area (Å²) in [6.07, 6.45) is 2.64. The van der Waals surface area contributed by atoms with E-state index in [0.29, 0.717) is 0 Å². The number of carboxylic acid groups (broad SMARTS) is 1. The lowest BCUT2D eigenvalue weighted by Crippen LogP contribution is -2.08. The molecule has 0 amide bonds. The van der Waals surface area contributed by atoms with Crippen molar-refractivity contribution < 1.29 is 9.90 Å². The number of aryl methyl sites for hydroxylation is 1. The zero-order valence-electron chi connectivity index (χ0n) is 9.63. The summed E-state index contributed by atoms with van der Waals surface area (Å²) in [6.45, 7) is 1.94. The van der Waals surface area contributed by atoms with Gasteiger partial charge in [0.2, 0.25) is 0 Å². The van der Waals surface area contributed by atoms with Gasteiger partial charge in [0.25, 0.3) is 0 Å². The van der Waals surface area contributed by atoms with Crippen LogP contribution in [0.3, 0.4) is 0 Å². The fourth-order valence-corrected chi connectivity index (χ4v) is 1.78. The third-order valence-corrected chi connectivity index (χ3v) is 2.56. The van der Waals surface area contributed by atoms with Gasteiger partial charge < -0.3 is 5.11 Å². The Labute approximate surface area is 99.5 Å². The quantitative estimate of drug-likeness (QED) is 0.876. The van der Waals surface area contributed by atoms with Crippen molar-refractivity contribution in [3.05, 3.63) is 42.1 Å². The second kappa shape index (κ2) is 4.82. The zero-order chi connectivity index (χ0) is 12.3. The van der Waals surface area contributed by atoms with Gasteiger partial charge >= 0.3 is 5.97 Å². The largest absolute Gasteiger partial charge is 0.480 e. The molecule has 17 heavy (non-hydrogen) atoms. The molecule has 0 aliphatic rings. The second-order valence-electron chi connectivity index (χ2n) is 3.81. The first-order valence-electron chi connectivity index (χ1n) is 5.54. The average Bonchev–Trinajstić information content (AvgIpc) is 2.72. The number of benzene rings is 1. The molecule has 0 atom stereocenters. The van der Waals surface area contributed by atoms with E-state index in [1.54, 1.807) is 6.20 Å². The number of aliphatic carboxylic acids is 1. The summed E-state index contributed by atoms with van der Waals surface area (Å²) in [6, 6.07) is 9.80. The van der Waals surface area contributed by atoms with E-state index < -0.39 is 5.97 Å².